The fourth-order valence-corrected chi connectivity index (χ4v) is 6.15. The van der Waals surface area contributed by atoms with Gasteiger partial charge in [-0.1, -0.05) is 6.07 Å². The van der Waals surface area contributed by atoms with Crippen LogP contribution in [0, 0.1) is 11.3 Å². The van der Waals surface area contributed by atoms with Crippen molar-refractivity contribution in [2.75, 3.05) is 64.5 Å². The molecule has 0 saturated carbocycles. The van der Waals surface area contributed by atoms with Crippen LogP contribution in [-0.2, 0) is 4.74 Å². The highest BCUT2D eigenvalue weighted by Gasteiger charge is 2.30. The molecule has 2 aromatic carbocycles. The average Bonchev–Trinajstić information content (AvgIpc) is 3.46. The standard InChI is InChI=1S/C32H34FN7O3/c1-41-30-13-20(2-4-27(30)40-10-8-39(9-11-40)23-17-42-18-23)26-14-24-31(36-19-37-32(24)38-26)21-3-5-28(22(12-21)15-34)43-29-6-7-35-16-25(29)33/h2-5,12-14,19,23,25,29,35H,6-11,16-18H2,1H3,(H,36,37,38). The van der Waals surface area contributed by atoms with E-state index in [0.717, 1.165) is 73.0 Å². The van der Waals surface area contributed by atoms with Gasteiger partial charge in [-0.05, 0) is 49.4 Å². The van der Waals surface area contributed by atoms with Crippen LogP contribution in [0.25, 0.3) is 33.5 Å². The summed E-state index contributed by atoms with van der Waals surface area (Å²) in [6.45, 7) is 6.52. The van der Waals surface area contributed by atoms with E-state index in [2.05, 4.69) is 54.3 Å². The average molecular weight is 584 g/mol. The first-order valence-corrected chi connectivity index (χ1v) is 14.8. The third-order valence-electron chi connectivity index (χ3n) is 8.71. The van der Waals surface area contributed by atoms with Gasteiger partial charge in [0, 0.05) is 54.9 Å². The minimum Gasteiger partial charge on any atom is -0.495 e. The molecule has 2 N–H and O–H groups in total. The minimum absolute atomic E-state index is 0.252. The second-order valence-electron chi connectivity index (χ2n) is 11.3. The van der Waals surface area contributed by atoms with Crippen molar-refractivity contribution >= 4 is 16.7 Å². The predicted octanol–water partition coefficient (Wildman–Crippen LogP) is 3.77. The Labute approximate surface area is 249 Å². The van der Waals surface area contributed by atoms with Gasteiger partial charge >= 0.3 is 0 Å². The molecule has 0 amide bonds. The maximum Gasteiger partial charge on any atom is 0.149 e. The van der Waals surface area contributed by atoms with Crippen LogP contribution >= 0.6 is 0 Å². The number of halogens is 1. The van der Waals surface area contributed by atoms with Gasteiger partial charge in [0.2, 0.25) is 0 Å². The number of piperazine rings is 1. The van der Waals surface area contributed by atoms with Crippen molar-refractivity contribution in [2.24, 2.45) is 0 Å². The first kappa shape index (κ1) is 27.6. The number of benzene rings is 2. The van der Waals surface area contributed by atoms with E-state index >= 15 is 0 Å². The molecule has 0 spiro atoms. The number of piperidine rings is 1. The first-order chi connectivity index (χ1) is 21.1. The molecule has 3 saturated heterocycles. The molecule has 0 bridgehead atoms. The number of aromatic nitrogens is 3. The number of alkyl halides is 1. The molecule has 0 radical (unpaired) electrons. The number of nitrogens with one attached hydrogen (secondary N) is 2. The molecule has 11 heteroatoms. The van der Waals surface area contributed by atoms with Crippen LogP contribution in [0.3, 0.4) is 0 Å². The third kappa shape index (κ3) is 5.38. The Kier molecular flexibility index (Phi) is 7.57. The molecule has 2 aromatic heterocycles. The van der Waals surface area contributed by atoms with Crippen molar-refractivity contribution in [2.45, 2.75) is 24.7 Å². The molecule has 5 heterocycles. The Hall–Kier alpha value is -4.24. The molecule has 10 nitrogen and oxygen atoms in total. The number of ether oxygens (including phenoxy) is 3. The molecule has 7 rings (SSSR count). The molecule has 3 aliphatic rings. The smallest absolute Gasteiger partial charge is 0.149 e. The number of rotatable bonds is 7. The van der Waals surface area contributed by atoms with Gasteiger partial charge in [-0.15, -0.1) is 0 Å². The van der Waals surface area contributed by atoms with Crippen LogP contribution in [0.2, 0.25) is 0 Å². The van der Waals surface area contributed by atoms with Gasteiger partial charge in [-0.25, -0.2) is 14.4 Å². The normalized spacial score (nSPS) is 21.4. The minimum atomic E-state index is -1.12. The second-order valence-corrected chi connectivity index (χ2v) is 11.3. The van der Waals surface area contributed by atoms with E-state index in [0.29, 0.717) is 41.7 Å². The topological polar surface area (TPSA) is 112 Å². The summed E-state index contributed by atoms with van der Waals surface area (Å²) in [5.74, 6) is 1.20. The van der Waals surface area contributed by atoms with E-state index in [1.54, 1.807) is 19.2 Å². The second kappa shape index (κ2) is 11.8. The summed E-state index contributed by atoms with van der Waals surface area (Å²) in [5.41, 5.74) is 5.42. The van der Waals surface area contributed by atoms with Gasteiger partial charge in [0.25, 0.3) is 0 Å². The summed E-state index contributed by atoms with van der Waals surface area (Å²) in [5, 5.41) is 13.7. The lowest BCUT2D eigenvalue weighted by molar-refractivity contribution is -0.0660. The summed E-state index contributed by atoms with van der Waals surface area (Å²) < 4.78 is 31.5. The maximum atomic E-state index is 14.3. The highest BCUT2D eigenvalue weighted by molar-refractivity contribution is 5.94. The lowest BCUT2D eigenvalue weighted by Gasteiger charge is -2.43. The molecule has 43 heavy (non-hydrogen) atoms. The van der Waals surface area contributed by atoms with E-state index in [9.17, 15) is 9.65 Å². The van der Waals surface area contributed by atoms with Gasteiger partial charge in [-0.3, -0.25) is 4.90 Å². The number of hydrogen-bond donors (Lipinski definition) is 2. The summed E-state index contributed by atoms with van der Waals surface area (Å²) in [7, 11) is 1.71. The number of nitrogens with zero attached hydrogens (tertiary/aromatic N) is 5. The summed E-state index contributed by atoms with van der Waals surface area (Å²) in [6, 6.07) is 16.4. The molecule has 2 atom stereocenters. The molecular weight excluding hydrogens is 549 g/mol. The molecule has 4 aromatic rings. The Morgan fingerprint density at radius 3 is 2.60 bits per heavy atom. The van der Waals surface area contributed by atoms with E-state index in [1.165, 1.54) is 6.33 Å². The molecule has 2 unspecified atom stereocenters. The lowest BCUT2D eigenvalue weighted by atomic mass is 10.0. The predicted molar refractivity (Wildman–Crippen MR) is 161 cm³/mol. The Balaban J connectivity index is 1.14. The molecule has 3 fully saturated rings. The largest absolute Gasteiger partial charge is 0.495 e. The third-order valence-corrected chi connectivity index (χ3v) is 8.71. The number of methoxy groups -OCH3 is 1. The first-order valence-electron chi connectivity index (χ1n) is 14.8. The van der Waals surface area contributed by atoms with Crippen molar-refractivity contribution in [1.82, 2.24) is 25.2 Å². The quantitative estimate of drug-likeness (QED) is 0.336. The fourth-order valence-electron chi connectivity index (χ4n) is 6.15. The number of H-pyrrole nitrogens is 1. The van der Waals surface area contributed by atoms with Crippen molar-refractivity contribution in [1.29, 1.82) is 5.26 Å². The highest BCUT2D eigenvalue weighted by Crippen LogP contribution is 2.37. The zero-order chi connectivity index (χ0) is 29.3. The van der Waals surface area contributed by atoms with Crippen LogP contribution in [-0.4, -0.2) is 97.8 Å². The maximum absolute atomic E-state index is 14.3. The van der Waals surface area contributed by atoms with Crippen LogP contribution in [0.15, 0.2) is 48.8 Å². The number of anilines is 1. The van der Waals surface area contributed by atoms with E-state index in [-0.39, 0.29) is 6.54 Å². The Bertz CT molecular complexity index is 1660. The SMILES string of the molecule is COc1cc(-c2cc3c(-c4ccc(OC5CCNCC5F)c(C#N)c4)ncnc3[nH]2)ccc1N1CCN(C2COC2)CC1. The van der Waals surface area contributed by atoms with Gasteiger partial charge in [0.1, 0.15) is 41.8 Å². The lowest BCUT2D eigenvalue weighted by Crippen LogP contribution is -2.56. The van der Waals surface area contributed by atoms with E-state index in [4.69, 9.17) is 14.2 Å². The Morgan fingerprint density at radius 1 is 1.02 bits per heavy atom. The van der Waals surface area contributed by atoms with E-state index in [1.807, 2.05) is 12.1 Å². The van der Waals surface area contributed by atoms with Crippen molar-refractivity contribution in [3.8, 4) is 40.1 Å². The highest BCUT2D eigenvalue weighted by atomic mass is 19.1. The fraction of sp³-hybridized carbons (Fsp3) is 0.406. The summed E-state index contributed by atoms with van der Waals surface area (Å²) in [6.07, 6.45) is 0.360. The summed E-state index contributed by atoms with van der Waals surface area (Å²) in [4.78, 5) is 17.4. The molecule has 0 aliphatic carbocycles. The van der Waals surface area contributed by atoms with Crippen molar-refractivity contribution in [3.63, 3.8) is 0 Å². The van der Waals surface area contributed by atoms with E-state index < -0.39 is 12.3 Å². The van der Waals surface area contributed by atoms with Gasteiger partial charge in [0.15, 0.2) is 0 Å². The molecular formula is C32H34FN7O3. The van der Waals surface area contributed by atoms with Crippen molar-refractivity contribution < 1.29 is 18.6 Å². The Morgan fingerprint density at radius 2 is 1.86 bits per heavy atom. The van der Waals surface area contributed by atoms with Crippen molar-refractivity contribution in [3.05, 3.63) is 54.4 Å². The zero-order valence-electron chi connectivity index (χ0n) is 24.1. The number of aromatic amines is 1. The van der Waals surface area contributed by atoms with Crippen LogP contribution < -0.4 is 19.7 Å². The number of fused-ring (bicyclic) bond motifs is 1. The molecule has 3 aliphatic heterocycles. The van der Waals surface area contributed by atoms with Crippen LogP contribution in [0.5, 0.6) is 11.5 Å². The monoisotopic (exact) mass is 583 g/mol. The summed E-state index contributed by atoms with van der Waals surface area (Å²) >= 11 is 0. The van der Waals surface area contributed by atoms with Crippen LogP contribution in [0.4, 0.5) is 10.1 Å². The number of hydrogen-bond acceptors (Lipinski definition) is 9. The van der Waals surface area contributed by atoms with Gasteiger partial charge < -0.3 is 29.4 Å². The molecule has 222 valence electrons. The van der Waals surface area contributed by atoms with Crippen LogP contribution in [0.1, 0.15) is 12.0 Å². The zero-order valence-corrected chi connectivity index (χ0v) is 24.1. The van der Waals surface area contributed by atoms with Gasteiger partial charge in [0.05, 0.1) is 43.3 Å². The number of nitriles is 1. The van der Waals surface area contributed by atoms with Gasteiger partial charge in [-0.2, -0.15) is 5.26 Å².